The van der Waals surface area contributed by atoms with Crippen LogP contribution in [0.3, 0.4) is 0 Å². The molecule has 1 aliphatic rings. The SMILES string of the molecule is Cc1ccccc1S(=O)(=O)NCCN(C1CCCC1)S(C)(=O)=O. The number of rotatable bonds is 7. The van der Waals surface area contributed by atoms with E-state index < -0.39 is 20.0 Å². The molecule has 6 nitrogen and oxygen atoms in total. The van der Waals surface area contributed by atoms with Gasteiger partial charge in [0.05, 0.1) is 11.2 Å². The third-order valence-electron chi connectivity index (χ3n) is 4.17. The lowest BCUT2D eigenvalue weighted by Gasteiger charge is -2.26. The molecule has 1 aromatic rings. The summed E-state index contributed by atoms with van der Waals surface area (Å²) in [6, 6.07) is 6.72. The molecule has 1 aliphatic carbocycles. The predicted octanol–water partition coefficient (Wildman–Crippen LogP) is 1.48. The van der Waals surface area contributed by atoms with Crippen molar-refractivity contribution < 1.29 is 16.8 Å². The van der Waals surface area contributed by atoms with Gasteiger partial charge in [-0.25, -0.2) is 21.6 Å². The van der Waals surface area contributed by atoms with Crippen molar-refractivity contribution in [2.45, 2.75) is 43.5 Å². The van der Waals surface area contributed by atoms with Crippen molar-refractivity contribution in [3.05, 3.63) is 29.8 Å². The Hall–Kier alpha value is -0.960. The standard InChI is InChI=1S/C15H24N2O4S2/c1-13-7-3-6-10-15(13)23(20,21)16-11-12-17(22(2,18)19)14-8-4-5-9-14/h3,6-7,10,14,16H,4-5,8-9,11-12H2,1-2H3. The van der Waals surface area contributed by atoms with Gasteiger partial charge in [-0.3, -0.25) is 0 Å². The summed E-state index contributed by atoms with van der Waals surface area (Å²) in [5.41, 5.74) is 0.663. The maximum atomic E-state index is 12.3. The number of nitrogens with zero attached hydrogens (tertiary/aromatic N) is 1. The Morgan fingerprint density at radius 1 is 1.13 bits per heavy atom. The van der Waals surface area contributed by atoms with Gasteiger partial charge in [0, 0.05) is 19.1 Å². The molecule has 130 valence electrons. The molecular weight excluding hydrogens is 336 g/mol. The van der Waals surface area contributed by atoms with E-state index in [0.717, 1.165) is 25.7 Å². The normalized spacial score (nSPS) is 17.0. The van der Waals surface area contributed by atoms with Crippen molar-refractivity contribution in [1.82, 2.24) is 9.03 Å². The minimum Gasteiger partial charge on any atom is -0.212 e. The van der Waals surface area contributed by atoms with Crippen LogP contribution in [-0.4, -0.2) is 46.5 Å². The number of sulfonamides is 2. The maximum Gasteiger partial charge on any atom is 0.240 e. The topological polar surface area (TPSA) is 83.6 Å². The van der Waals surface area contributed by atoms with Crippen LogP contribution in [-0.2, 0) is 20.0 Å². The largest absolute Gasteiger partial charge is 0.240 e. The second-order valence-electron chi connectivity index (χ2n) is 5.98. The molecule has 1 fully saturated rings. The van der Waals surface area contributed by atoms with Crippen LogP contribution < -0.4 is 4.72 Å². The van der Waals surface area contributed by atoms with E-state index in [9.17, 15) is 16.8 Å². The Bertz CT molecular complexity index is 738. The average Bonchev–Trinajstić information content (AvgIpc) is 2.96. The molecule has 0 aromatic heterocycles. The summed E-state index contributed by atoms with van der Waals surface area (Å²) in [7, 11) is -6.97. The molecule has 0 heterocycles. The van der Waals surface area contributed by atoms with Gasteiger partial charge in [0.15, 0.2) is 0 Å². The highest BCUT2D eigenvalue weighted by Gasteiger charge is 2.29. The van der Waals surface area contributed by atoms with Crippen LogP contribution in [0, 0.1) is 6.92 Å². The summed E-state index contributed by atoms with van der Waals surface area (Å²) < 4.78 is 52.5. The number of hydrogen-bond donors (Lipinski definition) is 1. The van der Waals surface area contributed by atoms with Gasteiger partial charge in [-0.05, 0) is 31.4 Å². The number of nitrogens with one attached hydrogen (secondary N) is 1. The summed E-state index contributed by atoms with van der Waals surface area (Å²) in [6.07, 6.45) is 4.91. The third-order valence-corrected chi connectivity index (χ3v) is 7.12. The Kier molecular flexibility index (Phi) is 5.83. The third kappa shape index (κ3) is 4.76. The van der Waals surface area contributed by atoms with E-state index >= 15 is 0 Å². The fourth-order valence-electron chi connectivity index (χ4n) is 3.04. The fraction of sp³-hybridized carbons (Fsp3) is 0.600. The van der Waals surface area contributed by atoms with Crippen LogP contribution in [0.4, 0.5) is 0 Å². The molecule has 0 spiro atoms. The molecule has 0 bridgehead atoms. The average molecular weight is 361 g/mol. The Morgan fingerprint density at radius 3 is 2.30 bits per heavy atom. The van der Waals surface area contributed by atoms with E-state index in [1.807, 2.05) is 0 Å². The van der Waals surface area contributed by atoms with Crippen molar-refractivity contribution in [3.63, 3.8) is 0 Å². The summed E-state index contributed by atoms with van der Waals surface area (Å²) in [5, 5.41) is 0. The van der Waals surface area contributed by atoms with Crippen LogP contribution >= 0.6 is 0 Å². The van der Waals surface area contributed by atoms with Crippen molar-refractivity contribution in [1.29, 1.82) is 0 Å². The molecule has 0 atom stereocenters. The monoisotopic (exact) mass is 360 g/mol. The first-order valence-corrected chi connectivity index (χ1v) is 11.1. The first kappa shape index (κ1) is 18.4. The van der Waals surface area contributed by atoms with Crippen molar-refractivity contribution >= 4 is 20.0 Å². The quantitative estimate of drug-likeness (QED) is 0.798. The van der Waals surface area contributed by atoms with Gasteiger partial charge in [0.1, 0.15) is 0 Å². The highest BCUT2D eigenvalue weighted by molar-refractivity contribution is 7.89. The summed E-state index contributed by atoms with van der Waals surface area (Å²) in [4.78, 5) is 0.228. The maximum absolute atomic E-state index is 12.3. The van der Waals surface area contributed by atoms with Crippen LogP contribution in [0.1, 0.15) is 31.2 Å². The van der Waals surface area contributed by atoms with Gasteiger partial charge in [-0.2, -0.15) is 4.31 Å². The molecule has 0 unspecified atom stereocenters. The number of hydrogen-bond acceptors (Lipinski definition) is 4. The van der Waals surface area contributed by atoms with Crippen molar-refractivity contribution in [2.24, 2.45) is 0 Å². The molecule has 8 heteroatoms. The molecule has 2 rings (SSSR count). The number of benzene rings is 1. The van der Waals surface area contributed by atoms with Gasteiger partial charge in [-0.15, -0.1) is 0 Å². The number of aryl methyl sites for hydroxylation is 1. The fourth-order valence-corrected chi connectivity index (χ4v) is 5.48. The molecule has 1 saturated carbocycles. The van der Waals surface area contributed by atoms with E-state index in [1.165, 1.54) is 10.6 Å². The molecule has 1 aromatic carbocycles. The van der Waals surface area contributed by atoms with Crippen molar-refractivity contribution in [2.75, 3.05) is 19.3 Å². The minimum atomic E-state index is -3.63. The highest BCUT2D eigenvalue weighted by Crippen LogP contribution is 2.25. The summed E-state index contributed by atoms with van der Waals surface area (Å²) in [5.74, 6) is 0. The zero-order chi connectivity index (χ0) is 17.1. The minimum absolute atomic E-state index is 0.00651. The van der Waals surface area contributed by atoms with Gasteiger partial charge in [0.2, 0.25) is 20.0 Å². The lowest BCUT2D eigenvalue weighted by atomic mass is 10.2. The lowest BCUT2D eigenvalue weighted by Crippen LogP contribution is -2.43. The summed E-state index contributed by atoms with van der Waals surface area (Å²) in [6.45, 7) is 1.96. The van der Waals surface area contributed by atoms with Crippen LogP contribution in [0.25, 0.3) is 0 Å². The van der Waals surface area contributed by atoms with E-state index in [4.69, 9.17) is 0 Å². The molecule has 0 aliphatic heterocycles. The second-order valence-corrected chi connectivity index (χ2v) is 9.65. The van der Waals surface area contributed by atoms with E-state index in [-0.39, 0.29) is 24.0 Å². The zero-order valence-corrected chi connectivity index (χ0v) is 15.2. The smallest absolute Gasteiger partial charge is 0.212 e. The predicted molar refractivity (Wildman–Crippen MR) is 90.2 cm³/mol. The van der Waals surface area contributed by atoms with Gasteiger partial charge in [0.25, 0.3) is 0 Å². The van der Waals surface area contributed by atoms with E-state index in [0.29, 0.717) is 5.56 Å². The Labute approximate surface area is 139 Å². The van der Waals surface area contributed by atoms with Crippen LogP contribution in [0.2, 0.25) is 0 Å². The zero-order valence-electron chi connectivity index (χ0n) is 13.5. The molecule has 0 saturated heterocycles. The summed E-state index contributed by atoms with van der Waals surface area (Å²) >= 11 is 0. The highest BCUT2D eigenvalue weighted by atomic mass is 32.2. The molecule has 23 heavy (non-hydrogen) atoms. The van der Waals surface area contributed by atoms with E-state index in [2.05, 4.69) is 4.72 Å². The lowest BCUT2D eigenvalue weighted by molar-refractivity contribution is 0.328. The van der Waals surface area contributed by atoms with E-state index in [1.54, 1.807) is 31.2 Å². The Balaban J connectivity index is 2.03. The van der Waals surface area contributed by atoms with Gasteiger partial charge >= 0.3 is 0 Å². The van der Waals surface area contributed by atoms with Crippen molar-refractivity contribution in [3.8, 4) is 0 Å². The first-order chi connectivity index (χ1) is 10.7. The first-order valence-electron chi connectivity index (χ1n) is 7.74. The van der Waals surface area contributed by atoms with Gasteiger partial charge < -0.3 is 0 Å². The Morgan fingerprint density at radius 2 is 1.74 bits per heavy atom. The second kappa shape index (κ2) is 7.29. The molecule has 0 radical (unpaired) electrons. The molecule has 0 amide bonds. The van der Waals surface area contributed by atoms with Gasteiger partial charge in [-0.1, -0.05) is 31.0 Å². The molecule has 1 N–H and O–H groups in total. The van der Waals surface area contributed by atoms with Crippen LogP contribution in [0.5, 0.6) is 0 Å². The molecular formula is C15H24N2O4S2. The van der Waals surface area contributed by atoms with Crippen LogP contribution in [0.15, 0.2) is 29.2 Å².